The quantitative estimate of drug-likeness (QED) is 0.332. The van der Waals surface area contributed by atoms with Gasteiger partial charge < -0.3 is 4.90 Å². The van der Waals surface area contributed by atoms with Crippen LogP contribution in [-0.2, 0) is 0 Å². The summed E-state index contributed by atoms with van der Waals surface area (Å²) in [5.41, 5.74) is 4.18. The molecule has 31 heavy (non-hydrogen) atoms. The highest BCUT2D eigenvalue weighted by molar-refractivity contribution is 7.99. The van der Waals surface area contributed by atoms with Crippen LogP contribution in [0, 0.1) is 13.8 Å². The Morgan fingerprint density at radius 2 is 1.74 bits per heavy atom. The summed E-state index contributed by atoms with van der Waals surface area (Å²) in [5.74, 6) is 0.968. The number of fused-ring (bicyclic) bond motifs is 1. The second kappa shape index (κ2) is 11.9. The van der Waals surface area contributed by atoms with Crippen molar-refractivity contribution in [1.82, 2.24) is 9.88 Å². The van der Waals surface area contributed by atoms with E-state index >= 15 is 0 Å². The third-order valence-electron chi connectivity index (χ3n) is 5.50. The minimum atomic E-state index is 0. The highest BCUT2D eigenvalue weighted by atomic mass is 35.5. The van der Waals surface area contributed by atoms with Crippen molar-refractivity contribution in [3.05, 3.63) is 53.1 Å². The highest BCUT2D eigenvalue weighted by Gasteiger charge is 2.24. The summed E-state index contributed by atoms with van der Waals surface area (Å²) >= 11 is 3.32. The Labute approximate surface area is 200 Å². The number of anilines is 1. The van der Waals surface area contributed by atoms with Crippen LogP contribution >= 0.6 is 35.5 Å². The lowest BCUT2D eigenvalue weighted by Crippen LogP contribution is -2.39. The molecular formula is C24H32ClN3OS2. The van der Waals surface area contributed by atoms with E-state index in [9.17, 15) is 4.79 Å². The molecule has 2 aromatic carbocycles. The minimum absolute atomic E-state index is 0. The van der Waals surface area contributed by atoms with E-state index in [0.29, 0.717) is 6.54 Å². The van der Waals surface area contributed by atoms with E-state index in [1.54, 1.807) is 23.1 Å². The molecule has 0 aliphatic rings. The van der Waals surface area contributed by atoms with Gasteiger partial charge in [-0.3, -0.25) is 9.69 Å². The average Bonchev–Trinajstić information content (AvgIpc) is 3.19. The number of nitrogens with zero attached hydrogens (tertiary/aromatic N) is 3. The summed E-state index contributed by atoms with van der Waals surface area (Å²) in [5, 5.41) is 0.784. The van der Waals surface area contributed by atoms with Crippen molar-refractivity contribution in [2.75, 3.05) is 36.8 Å². The number of carbonyl (C=O) groups is 1. The molecule has 0 saturated heterocycles. The first-order valence-corrected chi connectivity index (χ1v) is 12.4. The fourth-order valence-electron chi connectivity index (χ4n) is 3.47. The lowest BCUT2D eigenvalue weighted by Gasteiger charge is -2.25. The summed E-state index contributed by atoms with van der Waals surface area (Å²) in [4.78, 5) is 23.9. The Balaban J connectivity index is 0.00000341. The number of likely N-dealkylation sites (N-methyl/N-ethyl adjacent to an activating group) is 1. The van der Waals surface area contributed by atoms with Crippen LogP contribution in [0.2, 0.25) is 0 Å². The molecule has 0 saturated carbocycles. The van der Waals surface area contributed by atoms with Gasteiger partial charge in [0.15, 0.2) is 5.13 Å². The predicted molar refractivity (Wildman–Crippen MR) is 139 cm³/mol. The molecule has 1 aromatic heterocycles. The molecular weight excluding hydrogens is 446 g/mol. The minimum Gasteiger partial charge on any atom is -0.302 e. The zero-order valence-corrected chi connectivity index (χ0v) is 21.4. The molecule has 0 spiro atoms. The van der Waals surface area contributed by atoms with Gasteiger partial charge >= 0.3 is 0 Å². The highest BCUT2D eigenvalue weighted by Crippen LogP contribution is 2.33. The lowest BCUT2D eigenvalue weighted by atomic mass is 10.1. The summed E-state index contributed by atoms with van der Waals surface area (Å²) < 4.78 is 1.13. The zero-order valence-electron chi connectivity index (χ0n) is 19.0. The van der Waals surface area contributed by atoms with Crippen LogP contribution in [0.5, 0.6) is 0 Å². The van der Waals surface area contributed by atoms with Crippen LogP contribution in [0.1, 0.15) is 42.3 Å². The van der Waals surface area contributed by atoms with Crippen molar-refractivity contribution < 1.29 is 4.79 Å². The number of amides is 1. The number of hydrogen-bond donors (Lipinski definition) is 0. The summed E-state index contributed by atoms with van der Waals surface area (Å²) in [6.45, 7) is 14.0. The van der Waals surface area contributed by atoms with E-state index in [4.69, 9.17) is 4.98 Å². The van der Waals surface area contributed by atoms with Gasteiger partial charge in [-0.25, -0.2) is 4.98 Å². The first-order chi connectivity index (χ1) is 14.5. The van der Waals surface area contributed by atoms with Gasteiger partial charge in [-0.15, -0.1) is 24.2 Å². The van der Waals surface area contributed by atoms with Gasteiger partial charge in [-0.05, 0) is 62.0 Å². The van der Waals surface area contributed by atoms with E-state index in [0.717, 1.165) is 51.2 Å². The molecule has 4 nitrogen and oxygen atoms in total. The second-order valence-corrected chi connectivity index (χ2v) is 9.58. The number of halogens is 1. The van der Waals surface area contributed by atoms with Gasteiger partial charge in [-0.1, -0.05) is 50.3 Å². The van der Waals surface area contributed by atoms with Crippen molar-refractivity contribution in [2.45, 2.75) is 39.5 Å². The number of benzene rings is 2. The summed E-state index contributed by atoms with van der Waals surface area (Å²) in [7, 11) is 0. The smallest absolute Gasteiger partial charge is 0.261 e. The molecule has 0 N–H and O–H groups in total. The third-order valence-corrected chi connectivity index (χ3v) is 7.50. The van der Waals surface area contributed by atoms with Gasteiger partial charge in [0.05, 0.1) is 15.8 Å². The van der Waals surface area contributed by atoms with Crippen LogP contribution in [0.15, 0.2) is 41.3 Å². The maximum absolute atomic E-state index is 13.7. The van der Waals surface area contributed by atoms with E-state index in [-0.39, 0.29) is 18.3 Å². The molecule has 0 unspecified atom stereocenters. The van der Waals surface area contributed by atoms with Crippen molar-refractivity contribution in [3.63, 3.8) is 0 Å². The molecule has 3 aromatic rings. The number of thioether (sulfide) groups is 1. The monoisotopic (exact) mass is 477 g/mol. The van der Waals surface area contributed by atoms with E-state index in [2.05, 4.69) is 51.7 Å². The predicted octanol–water partition coefficient (Wildman–Crippen LogP) is 6.44. The molecule has 168 valence electrons. The van der Waals surface area contributed by atoms with Gasteiger partial charge in [0.1, 0.15) is 0 Å². The van der Waals surface area contributed by atoms with Gasteiger partial charge in [0.25, 0.3) is 5.91 Å². The van der Waals surface area contributed by atoms with Crippen molar-refractivity contribution >= 4 is 56.8 Å². The molecule has 1 amide bonds. The lowest BCUT2D eigenvalue weighted by molar-refractivity contribution is 0.0981. The SMILES string of the molecule is CCSc1ccccc1C(=O)N(CCN(CC)CC)c1nc2c(C)c(C)ccc2s1.Cl. The fourth-order valence-corrected chi connectivity index (χ4v) is 5.31. The van der Waals surface area contributed by atoms with Crippen molar-refractivity contribution in [2.24, 2.45) is 0 Å². The molecule has 0 aliphatic heterocycles. The van der Waals surface area contributed by atoms with Crippen molar-refractivity contribution in [1.29, 1.82) is 0 Å². The molecule has 0 aliphatic carbocycles. The molecule has 7 heteroatoms. The topological polar surface area (TPSA) is 36.4 Å². The Hall–Kier alpha value is -1.60. The van der Waals surface area contributed by atoms with Gasteiger partial charge in [0.2, 0.25) is 0 Å². The Morgan fingerprint density at radius 1 is 1.03 bits per heavy atom. The molecule has 3 rings (SSSR count). The van der Waals surface area contributed by atoms with Gasteiger partial charge in [-0.2, -0.15) is 0 Å². The third kappa shape index (κ3) is 5.80. The Bertz CT molecular complexity index is 1020. The molecule has 0 bridgehead atoms. The Kier molecular flexibility index (Phi) is 9.82. The fraction of sp³-hybridized carbons (Fsp3) is 0.417. The number of aryl methyl sites for hydroxylation is 2. The first-order valence-electron chi connectivity index (χ1n) is 10.6. The van der Waals surface area contributed by atoms with E-state index in [1.165, 1.54) is 11.1 Å². The number of hydrogen-bond acceptors (Lipinski definition) is 5. The maximum Gasteiger partial charge on any atom is 0.261 e. The van der Waals surface area contributed by atoms with Crippen LogP contribution in [0.3, 0.4) is 0 Å². The number of thiazole rings is 1. The second-order valence-electron chi connectivity index (χ2n) is 7.26. The molecule has 1 heterocycles. The average molecular weight is 478 g/mol. The summed E-state index contributed by atoms with van der Waals surface area (Å²) in [6.07, 6.45) is 0. The normalized spacial score (nSPS) is 11.0. The Morgan fingerprint density at radius 3 is 2.42 bits per heavy atom. The molecule has 0 fully saturated rings. The van der Waals surface area contributed by atoms with Crippen LogP contribution < -0.4 is 4.90 Å². The maximum atomic E-state index is 13.7. The molecule has 0 radical (unpaired) electrons. The summed E-state index contributed by atoms with van der Waals surface area (Å²) in [6, 6.07) is 12.2. The number of aromatic nitrogens is 1. The zero-order chi connectivity index (χ0) is 21.7. The standard InChI is InChI=1S/C24H31N3OS2.ClH/c1-6-26(7-2)15-16-27(23(28)19-11-9-10-12-20(19)29-8-3)24-25-22-18(5)17(4)13-14-21(22)30-24;/h9-14H,6-8,15-16H2,1-5H3;1H. The van der Waals surface area contributed by atoms with Gasteiger partial charge in [0, 0.05) is 18.0 Å². The van der Waals surface area contributed by atoms with Crippen LogP contribution in [-0.4, -0.2) is 47.7 Å². The van der Waals surface area contributed by atoms with Crippen LogP contribution in [0.4, 0.5) is 5.13 Å². The number of rotatable bonds is 9. The van der Waals surface area contributed by atoms with Crippen molar-refractivity contribution in [3.8, 4) is 0 Å². The van der Waals surface area contributed by atoms with E-state index < -0.39 is 0 Å². The van der Waals surface area contributed by atoms with Crippen LogP contribution in [0.25, 0.3) is 10.2 Å². The molecule has 0 atom stereocenters. The van der Waals surface area contributed by atoms with E-state index in [1.807, 2.05) is 29.2 Å². The largest absolute Gasteiger partial charge is 0.302 e. The first kappa shape index (κ1) is 25.7. The number of carbonyl (C=O) groups excluding carboxylic acids is 1.